The zero-order valence-electron chi connectivity index (χ0n) is 9.27. The smallest absolute Gasteiger partial charge is 0.184 e. The summed E-state index contributed by atoms with van der Waals surface area (Å²) in [7, 11) is 0. The van der Waals surface area contributed by atoms with Crippen molar-refractivity contribution in [1.82, 2.24) is 0 Å². The maximum absolute atomic E-state index is 9.72. The largest absolute Gasteiger partial charge is 0.394 e. The van der Waals surface area contributed by atoms with Crippen LogP contribution in [0.25, 0.3) is 0 Å². The van der Waals surface area contributed by atoms with Crippen LogP contribution < -0.4 is 0 Å². The molecule has 5 heteroatoms. The fourth-order valence-corrected chi connectivity index (χ4v) is 1.82. The molecule has 0 saturated carbocycles. The summed E-state index contributed by atoms with van der Waals surface area (Å²) in [5.74, 6) is 0. The molecule has 1 aliphatic rings. The summed E-state index contributed by atoms with van der Waals surface area (Å²) in [6.45, 7) is -0.630. The Bertz CT molecular complexity index is 328. The fraction of sp³-hybridized carbons (Fsp3) is 0.500. The first-order valence-corrected chi connectivity index (χ1v) is 5.52. The quantitative estimate of drug-likeness (QED) is 0.682. The molecule has 0 spiro atoms. The molecule has 0 radical (unpaired) electrons. The van der Waals surface area contributed by atoms with Gasteiger partial charge in [-0.1, -0.05) is 30.3 Å². The van der Waals surface area contributed by atoms with E-state index in [-0.39, 0.29) is 13.2 Å². The van der Waals surface area contributed by atoms with E-state index < -0.39 is 24.6 Å². The average molecular weight is 240 g/mol. The van der Waals surface area contributed by atoms with Crippen LogP contribution in [0.4, 0.5) is 0 Å². The molecule has 0 amide bonds. The molecule has 0 bridgehead atoms. The number of hydrogen-bond acceptors (Lipinski definition) is 5. The number of rotatable bonds is 3. The second-order valence-corrected chi connectivity index (χ2v) is 3.95. The van der Waals surface area contributed by atoms with E-state index in [0.717, 1.165) is 5.56 Å². The van der Waals surface area contributed by atoms with Crippen molar-refractivity contribution in [2.75, 3.05) is 13.2 Å². The van der Waals surface area contributed by atoms with Crippen LogP contribution in [-0.4, -0.2) is 46.8 Å². The number of ether oxygens (including phenoxy) is 2. The lowest BCUT2D eigenvalue weighted by Gasteiger charge is -2.38. The third kappa shape index (κ3) is 2.65. The highest BCUT2D eigenvalue weighted by Gasteiger charge is 2.38. The summed E-state index contributed by atoms with van der Waals surface area (Å²) in [5, 5.41) is 28.0. The average Bonchev–Trinajstić information content (AvgIpc) is 2.40. The molecule has 0 aromatic heterocycles. The van der Waals surface area contributed by atoms with Gasteiger partial charge in [-0.25, -0.2) is 0 Å². The lowest BCUT2D eigenvalue weighted by atomic mass is 10.1. The zero-order valence-corrected chi connectivity index (χ0v) is 9.27. The lowest BCUT2D eigenvalue weighted by molar-refractivity contribution is -0.298. The van der Waals surface area contributed by atoms with E-state index in [1.807, 2.05) is 30.3 Å². The molecular formula is C12H16O5. The molecule has 1 heterocycles. The van der Waals surface area contributed by atoms with Crippen molar-refractivity contribution in [3.63, 3.8) is 0 Å². The van der Waals surface area contributed by atoms with Crippen LogP contribution in [0.1, 0.15) is 11.9 Å². The Morgan fingerprint density at radius 1 is 0.941 bits per heavy atom. The van der Waals surface area contributed by atoms with E-state index >= 15 is 0 Å². The topological polar surface area (TPSA) is 79.2 Å². The van der Waals surface area contributed by atoms with Crippen molar-refractivity contribution in [3.8, 4) is 0 Å². The minimum Gasteiger partial charge on any atom is -0.394 e. The highest BCUT2D eigenvalue weighted by atomic mass is 16.7. The van der Waals surface area contributed by atoms with Gasteiger partial charge in [-0.3, -0.25) is 0 Å². The van der Waals surface area contributed by atoms with Gasteiger partial charge >= 0.3 is 0 Å². The van der Waals surface area contributed by atoms with E-state index in [9.17, 15) is 5.11 Å². The molecule has 1 aliphatic heterocycles. The van der Waals surface area contributed by atoms with Gasteiger partial charge in [-0.05, 0) is 0 Å². The first kappa shape index (κ1) is 12.5. The summed E-state index contributed by atoms with van der Waals surface area (Å²) in [5.41, 5.74) is 0.788. The summed E-state index contributed by atoms with van der Waals surface area (Å²) in [6, 6.07) is 9.20. The van der Waals surface area contributed by atoms with Crippen molar-refractivity contribution in [2.24, 2.45) is 0 Å². The summed E-state index contributed by atoms with van der Waals surface area (Å²) in [4.78, 5) is 0. The maximum atomic E-state index is 9.72. The molecule has 1 aromatic rings. The molecule has 4 atom stereocenters. The van der Waals surface area contributed by atoms with Crippen molar-refractivity contribution in [1.29, 1.82) is 0 Å². The molecule has 5 nitrogen and oxygen atoms in total. The molecular weight excluding hydrogens is 224 g/mol. The minimum atomic E-state index is -1.02. The number of benzene rings is 1. The van der Waals surface area contributed by atoms with E-state index in [1.165, 1.54) is 0 Å². The Hall–Kier alpha value is -0.980. The van der Waals surface area contributed by atoms with Crippen LogP contribution in [0.5, 0.6) is 0 Å². The second kappa shape index (κ2) is 5.57. The monoisotopic (exact) mass is 240 g/mol. The third-order valence-electron chi connectivity index (χ3n) is 2.79. The van der Waals surface area contributed by atoms with Crippen molar-refractivity contribution in [3.05, 3.63) is 35.9 Å². The predicted molar refractivity (Wildman–Crippen MR) is 59.1 cm³/mol. The molecule has 2 rings (SSSR count). The molecule has 17 heavy (non-hydrogen) atoms. The summed E-state index contributed by atoms with van der Waals surface area (Å²) >= 11 is 0. The van der Waals surface area contributed by atoms with Crippen molar-refractivity contribution >= 4 is 0 Å². The lowest BCUT2D eigenvalue weighted by Crippen LogP contribution is -2.50. The van der Waals surface area contributed by atoms with Gasteiger partial charge in [0.1, 0.15) is 18.3 Å². The molecule has 1 aromatic carbocycles. The van der Waals surface area contributed by atoms with Crippen LogP contribution in [0, 0.1) is 0 Å². The van der Waals surface area contributed by atoms with E-state index in [1.54, 1.807) is 0 Å². The van der Waals surface area contributed by atoms with Gasteiger partial charge in [-0.2, -0.15) is 0 Å². The Morgan fingerprint density at radius 2 is 1.47 bits per heavy atom. The summed E-state index contributed by atoms with van der Waals surface area (Å²) < 4.78 is 10.9. The minimum absolute atomic E-state index is 0.315. The van der Waals surface area contributed by atoms with Gasteiger partial charge in [-0.15, -0.1) is 0 Å². The summed E-state index contributed by atoms with van der Waals surface area (Å²) in [6.07, 6.45) is -3.18. The number of hydrogen-bond donors (Lipinski definition) is 3. The molecule has 1 fully saturated rings. The first-order valence-electron chi connectivity index (χ1n) is 5.52. The van der Waals surface area contributed by atoms with Crippen molar-refractivity contribution < 1.29 is 24.8 Å². The third-order valence-corrected chi connectivity index (χ3v) is 2.79. The SMILES string of the molecule is OC[C@@H]1OC(c2ccccc2)O[C@H](CO)C1O. The standard InChI is InChI=1S/C12H16O5/c13-6-9-11(15)10(7-14)17-12(16-9)8-4-2-1-3-5-8/h1-5,9-15H,6-7H2/t9-,10+,11?,12?. The van der Waals surface area contributed by atoms with Crippen LogP contribution in [0.15, 0.2) is 30.3 Å². The Kier molecular flexibility index (Phi) is 4.09. The fourth-order valence-electron chi connectivity index (χ4n) is 1.82. The second-order valence-electron chi connectivity index (χ2n) is 3.95. The predicted octanol–water partition coefficient (Wildman–Crippen LogP) is -0.185. The number of aliphatic hydroxyl groups excluding tert-OH is 3. The molecule has 2 unspecified atom stereocenters. The zero-order chi connectivity index (χ0) is 12.3. The number of aliphatic hydroxyl groups is 3. The van der Waals surface area contributed by atoms with Gasteiger partial charge in [0.25, 0.3) is 0 Å². The van der Waals surface area contributed by atoms with Gasteiger partial charge in [0.15, 0.2) is 6.29 Å². The van der Waals surface area contributed by atoms with E-state index in [4.69, 9.17) is 19.7 Å². The Labute approximate surface area is 99.2 Å². The Balaban J connectivity index is 2.15. The molecule has 94 valence electrons. The van der Waals surface area contributed by atoms with Gasteiger partial charge in [0.05, 0.1) is 13.2 Å². The van der Waals surface area contributed by atoms with E-state index in [2.05, 4.69) is 0 Å². The van der Waals surface area contributed by atoms with Crippen LogP contribution >= 0.6 is 0 Å². The Morgan fingerprint density at radius 3 is 1.94 bits per heavy atom. The molecule has 0 aliphatic carbocycles. The highest BCUT2D eigenvalue weighted by Crippen LogP contribution is 2.29. The van der Waals surface area contributed by atoms with Crippen molar-refractivity contribution in [2.45, 2.75) is 24.6 Å². The molecule has 1 saturated heterocycles. The van der Waals surface area contributed by atoms with Crippen LogP contribution in [-0.2, 0) is 9.47 Å². The highest BCUT2D eigenvalue weighted by molar-refractivity contribution is 5.16. The molecule has 3 N–H and O–H groups in total. The van der Waals surface area contributed by atoms with Crippen LogP contribution in [0.3, 0.4) is 0 Å². The van der Waals surface area contributed by atoms with E-state index in [0.29, 0.717) is 0 Å². The van der Waals surface area contributed by atoms with Gasteiger partial charge in [0, 0.05) is 5.56 Å². The first-order chi connectivity index (χ1) is 8.26. The van der Waals surface area contributed by atoms with Gasteiger partial charge < -0.3 is 24.8 Å². The van der Waals surface area contributed by atoms with Crippen LogP contribution in [0.2, 0.25) is 0 Å². The van der Waals surface area contributed by atoms with Gasteiger partial charge in [0.2, 0.25) is 0 Å². The maximum Gasteiger partial charge on any atom is 0.184 e. The normalized spacial score (nSPS) is 33.6.